The summed E-state index contributed by atoms with van der Waals surface area (Å²) in [4.78, 5) is 16.1. The number of rotatable bonds is 5. The van der Waals surface area contributed by atoms with Crippen LogP contribution in [0.25, 0.3) is 0 Å². The third-order valence-corrected chi connectivity index (χ3v) is 3.30. The number of nitrogens with one attached hydrogen (secondary N) is 2. The molecule has 5 heteroatoms. The minimum absolute atomic E-state index is 0.0753. The molecule has 3 rings (SSSR count). The van der Waals surface area contributed by atoms with E-state index in [1.54, 1.807) is 25.6 Å². The van der Waals surface area contributed by atoms with Gasteiger partial charge in [0.15, 0.2) is 0 Å². The van der Waals surface area contributed by atoms with E-state index in [-0.39, 0.29) is 5.91 Å². The molecule has 1 amide bonds. The molecule has 0 bridgehead atoms. The highest BCUT2D eigenvalue weighted by atomic mass is 16.5. The van der Waals surface area contributed by atoms with Crippen LogP contribution in [0.3, 0.4) is 0 Å². The average molecular weight is 283 g/mol. The number of pyridine rings is 1. The van der Waals surface area contributed by atoms with Gasteiger partial charge in [-0.05, 0) is 31.0 Å². The largest absolute Gasteiger partial charge is 0.495 e. The summed E-state index contributed by atoms with van der Waals surface area (Å²) in [6, 6.07) is 9.74. The first-order valence-electron chi connectivity index (χ1n) is 6.92. The lowest BCUT2D eigenvalue weighted by molar-refractivity contribution is 0.0951. The van der Waals surface area contributed by atoms with Crippen LogP contribution in [0.1, 0.15) is 23.2 Å². The van der Waals surface area contributed by atoms with Gasteiger partial charge in [0, 0.05) is 12.2 Å². The van der Waals surface area contributed by atoms with Crippen molar-refractivity contribution in [2.75, 3.05) is 12.4 Å². The van der Waals surface area contributed by atoms with Crippen molar-refractivity contribution in [2.24, 2.45) is 0 Å². The van der Waals surface area contributed by atoms with Gasteiger partial charge < -0.3 is 15.4 Å². The first kappa shape index (κ1) is 13.4. The number of nitrogens with zero attached hydrogens (tertiary/aromatic N) is 1. The number of para-hydroxylation sites is 2. The van der Waals surface area contributed by atoms with Gasteiger partial charge in [-0.2, -0.15) is 0 Å². The number of hydrogen-bond acceptors (Lipinski definition) is 4. The highest BCUT2D eigenvalue weighted by Gasteiger charge is 2.23. The fourth-order valence-corrected chi connectivity index (χ4v) is 2.03. The summed E-state index contributed by atoms with van der Waals surface area (Å²) in [5.41, 5.74) is 2.14. The predicted octanol–water partition coefficient (Wildman–Crippen LogP) is 2.73. The van der Waals surface area contributed by atoms with Crippen molar-refractivity contribution in [2.45, 2.75) is 18.9 Å². The van der Waals surface area contributed by atoms with Gasteiger partial charge in [0.25, 0.3) is 5.91 Å². The quantitative estimate of drug-likeness (QED) is 0.885. The van der Waals surface area contributed by atoms with Crippen molar-refractivity contribution in [1.82, 2.24) is 10.3 Å². The molecule has 108 valence electrons. The Labute approximate surface area is 123 Å². The Morgan fingerprint density at radius 3 is 2.86 bits per heavy atom. The molecule has 2 N–H and O–H groups in total. The average Bonchev–Trinajstić information content (AvgIpc) is 3.32. The molecule has 1 fully saturated rings. The molecule has 1 aromatic carbocycles. The number of benzene rings is 1. The summed E-state index contributed by atoms with van der Waals surface area (Å²) in [7, 11) is 1.62. The third kappa shape index (κ3) is 3.31. The van der Waals surface area contributed by atoms with E-state index >= 15 is 0 Å². The molecule has 5 nitrogen and oxygen atoms in total. The molecule has 0 spiro atoms. The van der Waals surface area contributed by atoms with Crippen molar-refractivity contribution in [3.05, 3.63) is 48.3 Å². The van der Waals surface area contributed by atoms with Gasteiger partial charge in [-0.3, -0.25) is 9.78 Å². The Hall–Kier alpha value is -2.56. The van der Waals surface area contributed by atoms with E-state index in [4.69, 9.17) is 4.74 Å². The lowest BCUT2D eigenvalue weighted by Gasteiger charge is -2.11. The van der Waals surface area contributed by atoms with Crippen molar-refractivity contribution < 1.29 is 9.53 Å². The number of ether oxygens (including phenoxy) is 1. The monoisotopic (exact) mass is 283 g/mol. The fourth-order valence-electron chi connectivity index (χ4n) is 2.03. The lowest BCUT2D eigenvalue weighted by Crippen LogP contribution is -2.25. The van der Waals surface area contributed by atoms with Crippen LogP contribution in [0.5, 0.6) is 5.75 Å². The van der Waals surface area contributed by atoms with Crippen molar-refractivity contribution in [3.8, 4) is 5.75 Å². The first-order chi connectivity index (χ1) is 10.3. The molecule has 1 aliphatic rings. The van der Waals surface area contributed by atoms with Crippen LogP contribution in [-0.2, 0) is 0 Å². The zero-order chi connectivity index (χ0) is 14.7. The number of carbonyl (C=O) groups is 1. The summed E-state index contributed by atoms with van der Waals surface area (Å²) in [5, 5.41) is 6.17. The second-order valence-corrected chi connectivity index (χ2v) is 5.04. The molecule has 1 aliphatic carbocycles. The highest BCUT2D eigenvalue weighted by Crippen LogP contribution is 2.27. The molecule has 1 aromatic heterocycles. The molecule has 21 heavy (non-hydrogen) atoms. The Bertz CT molecular complexity index is 653. The molecule has 0 saturated heterocycles. The van der Waals surface area contributed by atoms with Crippen LogP contribution in [0.4, 0.5) is 11.4 Å². The van der Waals surface area contributed by atoms with Gasteiger partial charge in [-0.25, -0.2) is 0 Å². The molecule has 0 atom stereocenters. The van der Waals surface area contributed by atoms with Crippen molar-refractivity contribution >= 4 is 17.3 Å². The van der Waals surface area contributed by atoms with Crippen LogP contribution in [-0.4, -0.2) is 24.0 Å². The number of aromatic nitrogens is 1. The van der Waals surface area contributed by atoms with Crippen LogP contribution in [0.15, 0.2) is 42.7 Å². The van der Waals surface area contributed by atoms with Crippen molar-refractivity contribution in [1.29, 1.82) is 0 Å². The number of carbonyl (C=O) groups excluding carboxylic acids is 1. The number of anilines is 2. The topological polar surface area (TPSA) is 63.2 Å². The Kier molecular flexibility index (Phi) is 3.73. The predicted molar refractivity (Wildman–Crippen MR) is 81.0 cm³/mol. The van der Waals surface area contributed by atoms with E-state index in [0.29, 0.717) is 11.6 Å². The number of hydrogen-bond donors (Lipinski definition) is 2. The van der Waals surface area contributed by atoms with Gasteiger partial charge in [0.2, 0.25) is 0 Å². The zero-order valence-corrected chi connectivity index (χ0v) is 11.8. The van der Waals surface area contributed by atoms with E-state index in [1.807, 2.05) is 24.3 Å². The fraction of sp³-hybridized carbons (Fsp3) is 0.250. The Morgan fingerprint density at radius 2 is 2.10 bits per heavy atom. The first-order valence-corrected chi connectivity index (χ1v) is 6.92. The van der Waals surface area contributed by atoms with Crippen LogP contribution in [0.2, 0.25) is 0 Å². The standard InChI is InChI=1S/C16H17N3O2/c1-21-15-5-3-2-4-14(15)18-13-8-11(9-17-10-13)16(20)19-12-6-7-12/h2-5,8-10,12,18H,6-7H2,1H3,(H,19,20). The molecular weight excluding hydrogens is 266 g/mol. The third-order valence-electron chi connectivity index (χ3n) is 3.30. The van der Waals surface area contributed by atoms with Gasteiger partial charge in [0.05, 0.1) is 30.2 Å². The van der Waals surface area contributed by atoms with E-state index < -0.39 is 0 Å². The summed E-state index contributed by atoms with van der Waals surface area (Å²) < 4.78 is 5.29. The van der Waals surface area contributed by atoms with Crippen molar-refractivity contribution in [3.63, 3.8) is 0 Å². The lowest BCUT2D eigenvalue weighted by atomic mass is 10.2. The molecule has 1 saturated carbocycles. The zero-order valence-electron chi connectivity index (χ0n) is 11.8. The van der Waals surface area contributed by atoms with Gasteiger partial charge in [-0.15, -0.1) is 0 Å². The maximum atomic E-state index is 12.0. The second kappa shape index (κ2) is 5.83. The highest BCUT2D eigenvalue weighted by molar-refractivity contribution is 5.95. The molecule has 0 unspecified atom stereocenters. The maximum absolute atomic E-state index is 12.0. The van der Waals surface area contributed by atoms with E-state index in [0.717, 1.165) is 30.0 Å². The van der Waals surface area contributed by atoms with Crippen LogP contribution < -0.4 is 15.4 Å². The Balaban J connectivity index is 1.77. The molecule has 1 heterocycles. The van der Waals surface area contributed by atoms with Crippen LogP contribution in [0, 0.1) is 0 Å². The van der Waals surface area contributed by atoms with Crippen LogP contribution >= 0.6 is 0 Å². The Morgan fingerprint density at radius 1 is 1.29 bits per heavy atom. The molecule has 0 radical (unpaired) electrons. The smallest absolute Gasteiger partial charge is 0.253 e. The second-order valence-electron chi connectivity index (χ2n) is 5.04. The van der Waals surface area contributed by atoms with Gasteiger partial charge in [-0.1, -0.05) is 12.1 Å². The summed E-state index contributed by atoms with van der Waals surface area (Å²) in [6.07, 6.45) is 5.39. The maximum Gasteiger partial charge on any atom is 0.253 e. The van der Waals surface area contributed by atoms with E-state index in [9.17, 15) is 4.79 Å². The summed E-state index contributed by atoms with van der Waals surface area (Å²) >= 11 is 0. The minimum atomic E-state index is -0.0753. The molecular formula is C16H17N3O2. The molecule has 0 aliphatic heterocycles. The molecule has 2 aromatic rings. The number of amides is 1. The van der Waals surface area contributed by atoms with E-state index in [1.165, 1.54) is 0 Å². The number of methoxy groups -OCH3 is 1. The SMILES string of the molecule is COc1ccccc1Nc1cncc(C(=O)NC2CC2)c1. The van der Waals surface area contributed by atoms with Gasteiger partial charge in [0.1, 0.15) is 5.75 Å². The van der Waals surface area contributed by atoms with E-state index in [2.05, 4.69) is 15.6 Å². The van der Waals surface area contributed by atoms with Gasteiger partial charge >= 0.3 is 0 Å². The minimum Gasteiger partial charge on any atom is -0.495 e. The normalized spacial score (nSPS) is 13.6. The summed E-state index contributed by atoms with van der Waals surface area (Å²) in [6.45, 7) is 0. The summed E-state index contributed by atoms with van der Waals surface area (Å²) in [5.74, 6) is 0.666.